The van der Waals surface area contributed by atoms with Gasteiger partial charge in [0.05, 0.1) is 17.6 Å². The van der Waals surface area contributed by atoms with Gasteiger partial charge >= 0.3 is 0 Å². The summed E-state index contributed by atoms with van der Waals surface area (Å²) < 4.78 is 2.39. The fourth-order valence-corrected chi connectivity index (χ4v) is 5.26. The van der Waals surface area contributed by atoms with Gasteiger partial charge in [-0.3, -0.25) is 9.80 Å². The van der Waals surface area contributed by atoms with Gasteiger partial charge in [0.2, 0.25) is 0 Å². The third-order valence-electron chi connectivity index (χ3n) is 6.85. The minimum Gasteiger partial charge on any atom is -0.369 e. The van der Waals surface area contributed by atoms with Gasteiger partial charge in [-0.15, -0.1) is 0 Å². The first-order valence-corrected chi connectivity index (χ1v) is 11.5. The molecule has 30 heavy (non-hydrogen) atoms. The van der Waals surface area contributed by atoms with E-state index in [-0.39, 0.29) is 0 Å². The molecule has 5 nitrogen and oxygen atoms in total. The SMILES string of the molecule is CCn1c(CN2CCCC(N3CCN(c4ccccc4)CC3)C2)nc2ccccc21. The highest BCUT2D eigenvalue weighted by atomic mass is 15.3. The number of aromatic nitrogens is 2. The van der Waals surface area contributed by atoms with Crippen molar-refractivity contribution in [1.29, 1.82) is 0 Å². The normalized spacial score (nSPS) is 21.4. The maximum atomic E-state index is 4.96. The Labute approximate surface area is 179 Å². The number of piperidine rings is 1. The van der Waals surface area contributed by atoms with Crippen molar-refractivity contribution >= 4 is 16.7 Å². The van der Waals surface area contributed by atoms with Crippen molar-refractivity contribution in [2.75, 3.05) is 44.2 Å². The molecule has 0 N–H and O–H groups in total. The number of piperazine rings is 1. The highest BCUT2D eigenvalue weighted by molar-refractivity contribution is 5.75. The van der Waals surface area contributed by atoms with Crippen molar-refractivity contribution in [3.8, 4) is 0 Å². The lowest BCUT2D eigenvalue weighted by Crippen LogP contribution is -2.55. The number of anilines is 1. The molecule has 158 valence electrons. The van der Waals surface area contributed by atoms with Crippen LogP contribution < -0.4 is 4.90 Å². The maximum absolute atomic E-state index is 4.96. The molecule has 2 aromatic carbocycles. The van der Waals surface area contributed by atoms with E-state index in [1.165, 1.54) is 49.5 Å². The first-order chi connectivity index (χ1) is 14.8. The van der Waals surface area contributed by atoms with Crippen molar-refractivity contribution in [3.05, 3.63) is 60.4 Å². The zero-order valence-corrected chi connectivity index (χ0v) is 18.1. The summed E-state index contributed by atoms with van der Waals surface area (Å²) in [5.41, 5.74) is 3.75. The summed E-state index contributed by atoms with van der Waals surface area (Å²) in [6.07, 6.45) is 2.61. The molecule has 0 saturated carbocycles. The summed E-state index contributed by atoms with van der Waals surface area (Å²) in [7, 11) is 0. The lowest BCUT2D eigenvalue weighted by atomic mass is 10.0. The number of hydrogen-bond donors (Lipinski definition) is 0. The van der Waals surface area contributed by atoms with E-state index in [4.69, 9.17) is 4.98 Å². The van der Waals surface area contributed by atoms with Gasteiger partial charge in [-0.2, -0.15) is 0 Å². The van der Waals surface area contributed by atoms with Crippen LogP contribution in [0.1, 0.15) is 25.6 Å². The minimum atomic E-state index is 0.677. The van der Waals surface area contributed by atoms with Crippen LogP contribution in [0.25, 0.3) is 11.0 Å². The molecule has 5 heteroatoms. The Balaban J connectivity index is 1.22. The average Bonchev–Trinajstić information content (AvgIpc) is 3.17. The van der Waals surface area contributed by atoms with Gasteiger partial charge in [-0.05, 0) is 50.6 Å². The summed E-state index contributed by atoms with van der Waals surface area (Å²) >= 11 is 0. The first-order valence-electron chi connectivity index (χ1n) is 11.5. The Hall–Kier alpha value is -2.37. The molecule has 3 heterocycles. The van der Waals surface area contributed by atoms with E-state index in [1.54, 1.807) is 0 Å². The van der Waals surface area contributed by atoms with Crippen LogP contribution in [-0.2, 0) is 13.1 Å². The summed E-state index contributed by atoms with van der Waals surface area (Å²) in [6, 6.07) is 20.1. The van der Waals surface area contributed by atoms with Gasteiger partial charge in [0.15, 0.2) is 0 Å². The highest BCUT2D eigenvalue weighted by Crippen LogP contribution is 2.23. The third-order valence-corrected chi connectivity index (χ3v) is 6.85. The van der Waals surface area contributed by atoms with E-state index in [0.717, 1.165) is 38.2 Å². The fraction of sp³-hybridized carbons (Fsp3) is 0.480. The Morgan fingerprint density at radius 2 is 1.67 bits per heavy atom. The molecule has 0 radical (unpaired) electrons. The second-order valence-corrected chi connectivity index (χ2v) is 8.65. The van der Waals surface area contributed by atoms with Crippen LogP contribution >= 0.6 is 0 Å². The molecule has 1 unspecified atom stereocenters. The van der Waals surface area contributed by atoms with Gasteiger partial charge in [-0.1, -0.05) is 30.3 Å². The fourth-order valence-electron chi connectivity index (χ4n) is 5.26. The number of aryl methyl sites for hydroxylation is 1. The molecule has 1 aromatic heterocycles. The highest BCUT2D eigenvalue weighted by Gasteiger charge is 2.28. The van der Waals surface area contributed by atoms with Crippen LogP contribution in [0.3, 0.4) is 0 Å². The molecule has 0 spiro atoms. The Bertz CT molecular complexity index is 958. The molecule has 0 amide bonds. The maximum Gasteiger partial charge on any atom is 0.124 e. The van der Waals surface area contributed by atoms with E-state index >= 15 is 0 Å². The molecule has 2 saturated heterocycles. The van der Waals surface area contributed by atoms with Gasteiger partial charge in [0.1, 0.15) is 5.82 Å². The van der Waals surface area contributed by atoms with Crippen LogP contribution in [0.2, 0.25) is 0 Å². The van der Waals surface area contributed by atoms with E-state index in [9.17, 15) is 0 Å². The monoisotopic (exact) mass is 403 g/mol. The summed E-state index contributed by atoms with van der Waals surface area (Å²) in [6.45, 7) is 11.1. The zero-order chi connectivity index (χ0) is 20.3. The van der Waals surface area contributed by atoms with Crippen molar-refractivity contribution in [2.24, 2.45) is 0 Å². The largest absolute Gasteiger partial charge is 0.369 e. The van der Waals surface area contributed by atoms with Crippen LogP contribution in [-0.4, -0.2) is 64.7 Å². The molecule has 0 aliphatic carbocycles. The van der Waals surface area contributed by atoms with Crippen LogP contribution in [0.15, 0.2) is 54.6 Å². The van der Waals surface area contributed by atoms with Crippen molar-refractivity contribution in [3.63, 3.8) is 0 Å². The second kappa shape index (κ2) is 8.78. The Kier molecular flexibility index (Phi) is 5.73. The second-order valence-electron chi connectivity index (χ2n) is 8.65. The third kappa shape index (κ3) is 3.96. The lowest BCUT2D eigenvalue weighted by molar-refractivity contribution is 0.0868. The molecule has 0 bridgehead atoms. The number of rotatable bonds is 5. The summed E-state index contributed by atoms with van der Waals surface area (Å²) in [5.74, 6) is 1.22. The minimum absolute atomic E-state index is 0.677. The molecular formula is C25H33N5. The van der Waals surface area contributed by atoms with Gasteiger partial charge in [0.25, 0.3) is 0 Å². The summed E-state index contributed by atoms with van der Waals surface area (Å²) in [5, 5.41) is 0. The number of nitrogens with zero attached hydrogens (tertiary/aromatic N) is 5. The molecule has 2 fully saturated rings. The molecular weight excluding hydrogens is 370 g/mol. The number of fused-ring (bicyclic) bond motifs is 1. The smallest absolute Gasteiger partial charge is 0.124 e. The molecule has 2 aliphatic heterocycles. The number of likely N-dealkylation sites (tertiary alicyclic amines) is 1. The Morgan fingerprint density at radius 3 is 2.47 bits per heavy atom. The molecule has 3 aromatic rings. The summed E-state index contributed by atoms with van der Waals surface area (Å²) in [4.78, 5) is 12.8. The van der Waals surface area contributed by atoms with Crippen LogP contribution in [0.4, 0.5) is 5.69 Å². The van der Waals surface area contributed by atoms with Crippen LogP contribution in [0, 0.1) is 0 Å². The first kappa shape index (κ1) is 19.6. The zero-order valence-electron chi connectivity index (χ0n) is 18.1. The van der Waals surface area contributed by atoms with Crippen molar-refractivity contribution < 1.29 is 0 Å². The van der Waals surface area contributed by atoms with Gasteiger partial charge in [0, 0.05) is 51.0 Å². The number of hydrogen-bond acceptors (Lipinski definition) is 4. The number of imidazole rings is 1. The van der Waals surface area contributed by atoms with E-state index < -0.39 is 0 Å². The van der Waals surface area contributed by atoms with E-state index in [0.29, 0.717) is 6.04 Å². The Morgan fingerprint density at radius 1 is 0.900 bits per heavy atom. The molecule has 5 rings (SSSR count). The number of benzene rings is 2. The van der Waals surface area contributed by atoms with E-state index in [1.807, 2.05) is 0 Å². The lowest BCUT2D eigenvalue weighted by Gasteiger charge is -2.44. The predicted octanol–water partition coefficient (Wildman–Crippen LogP) is 3.84. The molecule has 2 aliphatic rings. The van der Waals surface area contributed by atoms with E-state index in [2.05, 4.69) is 80.8 Å². The van der Waals surface area contributed by atoms with Crippen molar-refractivity contribution in [1.82, 2.24) is 19.4 Å². The molecule has 1 atom stereocenters. The standard InChI is InChI=1S/C25H33N5/c1-2-30-24-13-7-6-12-23(24)26-25(30)20-27-14-8-11-22(19-27)29-17-15-28(16-18-29)21-9-4-3-5-10-21/h3-7,9-10,12-13,22H,2,8,11,14-20H2,1H3. The number of para-hydroxylation sites is 3. The average molecular weight is 404 g/mol. The van der Waals surface area contributed by atoms with Crippen LogP contribution in [0.5, 0.6) is 0 Å². The van der Waals surface area contributed by atoms with Gasteiger partial charge < -0.3 is 9.47 Å². The van der Waals surface area contributed by atoms with Gasteiger partial charge in [-0.25, -0.2) is 4.98 Å². The van der Waals surface area contributed by atoms with Crippen molar-refractivity contribution in [2.45, 2.75) is 38.9 Å². The topological polar surface area (TPSA) is 27.5 Å². The predicted molar refractivity (Wildman–Crippen MR) is 124 cm³/mol. The quantitative estimate of drug-likeness (QED) is 0.647.